The monoisotopic (exact) mass is 288 g/mol. The molecule has 2 rings (SSSR count). The third-order valence-corrected chi connectivity index (χ3v) is 3.01. The Labute approximate surface area is 123 Å². The molecule has 1 aromatic carbocycles. The molecule has 0 spiro atoms. The summed E-state index contributed by atoms with van der Waals surface area (Å²) in [6, 6.07) is 5.36. The number of aryl methyl sites for hydroxylation is 2. The molecule has 0 saturated heterocycles. The van der Waals surface area contributed by atoms with Crippen LogP contribution in [0.25, 0.3) is 0 Å². The van der Waals surface area contributed by atoms with Crippen molar-refractivity contribution in [1.29, 1.82) is 0 Å². The number of carbonyl (C=O) groups is 1. The Morgan fingerprint density at radius 3 is 2.67 bits per heavy atom. The number of hydrogen-bond acceptors (Lipinski definition) is 5. The van der Waals surface area contributed by atoms with Gasteiger partial charge in [-0.2, -0.15) is 5.10 Å². The Morgan fingerprint density at radius 2 is 2.10 bits per heavy atom. The number of hydrogen-bond donors (Lipinski definition) is 1. The second-order valence-corrected chi connectivity index (χ2v) is 5.20. The highest BCUT2D eigenvalue weighted by molar-refractivity contribution is 5.96. The molecule has 0 amide bonds. The average Bonchev–Trinajstić information content (AvgIpc) is 2.66. The van der Waals surface area contributed by atoms with Gasteiger partial charge in [0, 0.05) is 5.69 Å². The van der Waals surface area contributed by atoms with Gasteiger partial charge >= 0.3 is 5.97 Å². The predicted molar refractivity (Wildman–Crippen MR) is 80.0 cm³/mol. The quantitative estimate of drug-likeness (QED) is 0.688. The fraction of sp³-hybridized carbons (Fsp3) is 0.400. The molecule has 0 fully saturated rings. The second kappa shape index (κ2) is 5.95. The third-order valence-electron chi connectivity index (χ3n) is 3.01. The van der Waals surface area contributed by atoms with Gasteiger partial charge in [0.15, 0.2) is 0 Å². The number of nitrogen functional groups attached to an aromatic ring is 1. The van der Waals surface area contributed by atoms with E-state index in [-0.39, 0.29) is 6.10 Å². The molecule has 6 nitrogen and oxygen atoms in total. The molecule has 2 aromatic rings. The van der Waals surface area contributed by atoms with Crippen molar-refractivity contribution in [3.63, 3.8) is 0 Å². The van der Waals surface area contributed by atoms with E-state index in [2.05, 4.69) is 10.1 Å². The summed E-state index contributed by atoms with van der Waals surface area (Å²) in [5.41, 5.74) is 7.53. The van der Waals surface area contributed by atoms with Gasteiger partial charge in [-0.05, 0) is 39.3 Å². The minimum absolute atomic E-state index is 0.194. The number of nitrogens with zero attached hydrogens (tertiary/aromatic N) is 3. The second-order valence-electron chi connectivity index (χ2n) is 5.20. The minimum atomic E-state index is -0.410. The lowest BCUT2D eigenvalue weighted by atomic mass is 10.1. The van der Waals surface area contributed by atoms with Crippen molar-refractivity contribution >= 4 is 11.7 Å². The average molecular weight is 288 g/mol. The van der Waals surface area contributed by atoms with Crippen LogP contribution in [-0.2, 0) is 11.3 Å². The number of anilines is 1. The molecule has 1 aromatic heterocycles. The van der Waals surface area contributed by atoms with E-state index in [9.17, 15) is 4.79 Å². The zero-order valence-corrected chi connectivity index (χ0v) is 12.8. The third kappa shape index (κ3) is 3.39. The van der Waals surface area contributed by atoms with Crippen LogP contribution in [0.3, 0.4) is 0 Å². The molecule has 0 aliphatic heterocycles. The van der Waals surface area contributed by atoms with Crippen LogP contribution in [0, 0.1) is 13.8 Å². The van der Waals surface area contributed by atoms with Gasteiger partial charge in [-0.15, -0.1) is 0 Å². The summed E-state index contributed by atoms with van der Waals surface area (Å²) in [6.07, 6.45) is -0.194. The number of rotatable bonds is 4. The highest BCUT2D eigenvalue weighted by Crippen LogP contribution is 2.20. The zero-order chi connectivity index (χ0) is 15.6. The van der Waals surface area contributed by atoms with Crippen LogP contribution in [0.2, 0.25) is 0 Å². The highest BCUT2D eigenvalue weighted by Gasteiger charge is 2.18. The summed E-state index contributed by atoms with van der Waals surface area (Å²) in [7, 11) is 0. The van der Waals surface area contributed by atoms with E-state index < -0.39 is 5.97 Å². The fourth-order valence-corrected chi connectivity index (χ4v) is 2.15. The Hall–Kier alpha value is -2.37. The molecule has 0 aliphatic rings. The van der Waals surface area contributed by atoms with Crippen LogP contribution < -0.4 is 5.73 Å². The predicted octanol–water partition coefficient (Wildman–Crippen LogP) is 2.09. The van der Waals surface area contributed by atoms with Gasteiger partial charge in [0.05, 0.1) is 18.2 Å². The number of ether oxygens (including phenoxy) is 1. The van der Waals surface area contributed by atoms with Gasteiger partial charge in [-0.25, -0.2) is 14.5 Å². The topological polar surface area (TPSA) is 83.0 Å². The molecule has 0 radical (unpaired) electrons. The number of benzene rings is 1. The first kappa shape index (κ1) is 15.0. The molecule has 0 bridgehead atoms. The van der Waals surface area contributed by atoms with Gasteiger partial charge in [0.25, 0.3) is 0 Å². The van der Waals surface area contributed by atoms with Crippen molar-refractivity contribution in [3.8, 4) is 0 Å². The van der Waals surface area contributed by atoms with Crippen LogP contribution in [0.4, 0.5) is 5.69 Å². The Kier molecular flexibility index (Phi) is 4.26. The molecule has 21 heavy (non-hydrogen) atoms. The SMILES string of the molecule is Cc1nc(C)n(Cc2cccc(N)c2C(=O)OC(C)C)n1. The number of nitrogens with two attached hydrogens (primary N) is 1. The maximum absolute atomic E-state index is 12.2. The fourth-order valence-electron chi connectivity index (χ4n) is 2.15. The lowest BCUT2D eigenvalue weighted by Gasteiger charge is -2.14. The van der Waals surface area contributed by atoms with E-state index in [0.29, 0.717) is 23.6 Å². The number of carbonyl (C=O) groups excluding carboxylic acids is 1. The van der Waals surface area contributed by atoms with E-state index >= 15 is 0 Å². The van der Waals surface area contributed by atoms with Crippen molar-refractivity contribution in [2.45, 2.75) is 40.3 Å². The van der Waals surface area contributed by atoms with Gasteiger partial charge in [0.1, 0.15) is 11.6 Å². The summed E-state index contributed by atoms with van der Waals surface area (Å²) in [4.78, 5) is 16.5. The minimum Gasteiger partial charge on any atom is -0.459 e. The normalized spacial score (nSPS) is 10.9. The summed E-state index contributed by atoms with van der Waals surface area (Å²) >= 11 is 0. The summed E-state index contributed by atoms with van der Waals surface area (Å²) in [5.74, 6) is 1.08. The molecular weight excluding hydrogens is 268 g/mol. The van der Waals surface area contributed by atoms with Crippen molar-refractivity contribution < 1.29 is 9.53 Å². The van der Waals surface area contributed by atoms with E-state index in [1.807, 2.05) is 39.8 Å². The molecule has 112 valence electrons. The lowest BCUT2D eigenvalue weighted by Crippen LogP contribution is -2.17. The van der Waals surface area contributed by atoms with E-state index in [0.717, 1.165) is 11.4 Å². The molecule has 0 unspecified atom stereocenters. The molecular formula is C15H20N4O2. The molecule has 1 heterocycles. The van der Waals surface area contributed by atoms with E-state index in [4.69, 9.17) is 10.5 Å². The first-order valence-corrected chi connectivity index (χ1v) is 6.85. The van der Waals surface area contributed by atoms with Gasteiger partial charge < -0.3 is 10.5 Å². The summed E-state index contributed by atoms with van der Waals surface area (Å²) < 4.78 is 7.01. The molecule has 6 heteroatoms. The summed E-state index contributed by atoms with van der Waals surface area (Å²) in [5, 5.41) is 4.31. The first-order chi connectivity index (χ1) is 9.88. The standard InChI is InChI=1S/C15H20N4O2/c1-9(2)21-15(20)14-12(6-5-7-13(14)16)8-19-11(4)17-10(3)18-19/h5-7,9H,8,16H2,1-4H3. The van der Waals surface area contributed by atoms with Crippen molar-refractivity contribution in [3.05, 3.63) is 41.0 Å². The molecule has 2 N–H and O–H groups in total. The van der Waals surface area contributed by atoms with Crippen LogP contribution in [0.5, 0.6) is 0 Å². The van der Waals surface area contributed by atoms with Crippen LogP contribution in [0.15, 0.2) is 18.2 Å². The van der Waals surface area contributed by atoms with Crippen LogP contribution in [-0.4, -0.2) is 26.8 Å². The van der Waals surface area contributed by atoms with Gasteiger partial charge in [-0.1, -0.05) is 12.1 Å². The maximum Gasteiger partial charge on any atom is 0.340 e. The first-order valence-electron chi connectivity index (χ1n) is 6.85. The van der Waals surface area contributed by atoms with Gasteiger partial charge in [-0.3, -0.25) is 0 Å². The molecule has 0 saturated carbocycles. The van der Waals surface area contributed by atoms with E-state index in [1.54, 1.807) is 10.7 Å². The Bertz CT molecular complexity index is 662. The van der Waals surface area contributed by atoms with Crippen molar-refractivity contribution in [2.75, 3.05) is 5.73 Å². The van der Waals surface area contributed by atoms with Crippen molar-refractivity contribution in [1.82, 2.24) is 14.8 Å². The number of aromatic nitrogens is 3. The lowest BCUT2D eigenvalue weighted by molar-refractivity contribution is 0.0378. The van der Waals surface area contributed by atoms with Crippen LogP contribution in [0.1, 0.15) is 41.4 Å². The highest BCUT2D eigenvalue weighted by atomic mass is 16.5. The number of esters is 1. The molecule has 0 aliphatic carbocycles. The van der Waals surface area contributed by atoms with Crippen molar-refractivity contribution in [2.24, 2.45) is 0 Å². The maximum atomic E-state index is 12.2. The van der Waals surface area contributed by atoms with Crippen LogP contribution >= 0.6 is 0 Å². The molecule has 0 atom stereocenters. The Balaban J connectivity index is 2.37. The largest absolute Gasteiger partial charge is 0.459 e. The zero-order valence-electron chi connectivity index (χ0n) is 12.8. The summed E-state index contributed by atoms with van der Waals surface area (Å²) in [6.45, 7) is 7.75. The van der Waals surface area contributed by atoms with E-state index in [1.165, 1.54) is 0 Å². The Morgan fingerprint density at radius 1 is 1.38 bits per heavy atom. The van der Waals surface area contributed by atoms with Gasteiger partial charge in [0.2, 0.25) is 0 Å². The smallest absolute Gasteiger partial charge is 0.340 e.